The lowest BCUT2D eigenvalue weighted by molar-refractivity contribution is 0.340. The molecule has 0 aromatic heterocycles. The van der Waals surface area contributed by atoms with Crippen molar-refractivity contribution < 1.29 is 4.74 Å². The summed E-state index contributed by atoms with van der Waals surface area (Å²) < 4.78 is 5.44. The smallest absolute Gasteiger partial charge is 0.119 e. The van der Waals surface area contributed by atoms with E-state index in [2.05, 4.69) is 40.2 Å². The average molecular weight is 269 g/mol. The van der Waals surface area contributed by atoms with Gasteiger partial charge in [0.15, 0.2) is 0 Å². The molecule has 2 heteroatoms. The third-order valence-electron chi connectivity index (χ3n) is 3.05. The van der Waals surface area contributed by atoms with Crippen molar-refractivity contribution in [3.63, 3.8) is 0 Å². The van der Waals surface area contributed by atoms with Crippen LogP contribution >= 0.6 is 15.9 Å². The number of hydrogen-bond donors (Lipinski definition) is 0. The Morgan fingerprint density at radius 2 is 2.00 bits per heavy atom. The third-order valence-corrected chi connectivity index (χ3v) is 4.15. The van der Waals surface area contributed by atoms with Crippen LogP contribution in [0.15, 0.2) is 24.3 Å². The van der Waals surface area contributed by atoms with E-state index in [1.807, 2.05) is 6.92 Å². The first-order chi connectivity index (χ1) is 7.31. The molecule has 15 heavy (non-hydrogen) atoms. The van der Waals surface area contributed by atoms with Gasteiger partial charge in [-0.3, -0.25) is 0 Å². The molecule has 1 aromatic rings. The van der Waals surface area contributed by atoms with E-state index in [-0.39, 0.29) is 0 Å². The van der Waals surface area contributed by atoms with Gasteiger partial charge >= 0.3 is 0 Å². The molecule has 1 aromatic carbocycles. The van der Waals surface area contributed by atoms with Crippen molar-refractivity contribution in [2.45, 2.75) is 36.9 Å². The second-order valence-corrected chi connectivity index (χ2v) is 5.23. The van der Waals surface area contributed by atoms with Crippen LogP contribution in [0, 0.1) is 0 Å². The maximum Gasteiger partial charge on any atom is 0.119 e. The van der Waals surface area contributed by atoms with E-state index in [1.54, 1.807) is 0 Å². The fraction of sp³-hybridized carbons (Fsp3) is 0.538. The normalized spacial score (nSPS) is 25.5. The van der Waals surface area contributed by atoms with Gasteiger partial charge in [-0.05, 0) is 43.4 Å². The van der Waals surface area contributed by atoms with Crippen molar-refractivity contribution in [3.8, 4) is 5.75 Å². The molecular formula is C13H17BrO. The highest BCUT2D eigenvalue weighted by Crippen LogP contribution is 2.39. The first kappa shape index (κ1) is 11.0. The number of alkyl halides is 1. The molecule has 0 aliphatic heterocycles. The van der Waals surface area contributed by atoms with Crippen LogP contribution in [0.1, 0.15) is 37.7 Å². The molecule has 0 amide bonds. The largest absolute Gasteiger partial charge is 0.494 e. The SMILES string of the molecule is CCOc1ccc(C2CCCC2Br)cc1. The van der Waals surface area contributed by atoms with Crippen LogP contribution in [-0.4, -0.2) is 11.4 Å². The first-order valence-electron chi connectivity index (χ1n) is 5.68. The van der Waals surface area contributed by atoms with E-state index in [0.717, 1.165) is 12.4 Å². The van der Waals surface area contributed by atoms with Gasteiger partial charge in [0.2, 0.25) is 0 Å². The second kappa shape index (κ2) is 5.02. The van der Waals surface area contributed by atoms with Crippen LogP contribution in [-0.2, 0) is 0 Å². The minimum absolute atomic E-state index is 0.662. The van der Waals surface area contributed by atoms with Crippen LogP contribution in [0.2, 0.25) is 0 Å². The third kappa shape index (κ3) is 2.54. The van der Waals surface area contributed by atoms with Gasteiger partial charge in [0.05, 0.1) is 6.61 Å². The van der Waals surface area contributed by atoms with E-state index < -0.39 is 0 Å². The quantitative estimate of drug-likeness (QED) is 0.750. The molecule has 0 spiro atoms. The molecule has 1 saturated carbocycles. The summed E-state index contributed by atoms with van der Waals surface area (Å²) in [5.41, 5.74) is 1.44. The number of ether oxygens (including phenoxy) is 1. The van der Waals surface area contributed by atoms with E-state index in [9.17, 15) is 0 Å². The molecule has 82 valence electrons. The number of halogens is 1. The summed E-state index contributed by atoms with van der Waals surface area (Å²) in [5, 5.41) is 0. The monoisotopic (exact) mass is 268 g/mol. The van der Waals surface area contributed by atoms with Gasteiger partial charge in [0, 0.05) is 4.83 Å². The number of rotatable bonds is 3. The van der Waals surface area contributed by atoms with Gasteiger partial charge in [-0.25, -0.2) is 0 Å². The lowest BCUT2D eigenvalue weighted by Gasteiger charge is -2.14. The van der Waals surface area contributed by atoms with Crippen LogP contribution in [0.4, 0.5) is 0 Å². The molecule has 1 aliphatic carbocycles. The van der Waals surface area contributed by atoms with Gasteiger partial charge in [-0.2, -0.15) is 0 Å². The molecule has 2 atom stereocenters. The van der Waals surface area contributed by atoms with E-state index in [1.165, 1.54) is 24.8 Å². The minimum atomic E-state index is 0.662. The van der Waals surface area contributed by atoms with Crippen LogP contribution in [0.5, 0.6) is 5.75 Å². The topological polar surface area (TPSA) is 9.23 Å². The Morgan fingerprint density at radius 1 is 1.27 bits per heavy atom. The Morgan fingerprint density at radius 3 is 2.53 bits per heavy atom. The summed E-state index contributed by atoms with van der Waals surface area (Å²) in [6.45, 7) is 2.75. The molecular weight excluding hydrogens is 252 g/mol. The van der Waals surface area contributed by atoms with E-state index in [0.29, 0.717) is 10.7 Å². The molecule has 2 rings (SSSR count). The molecule has 0 radical (unpaired) electrons. The highest BCUT2D eigenvalue weighted by molar-refractivity contribution is 9.09. The summed E-state index contributed by atoms with van der Waals surface area (Å²) in [6, 6.07) is 8.57. The molecule has 0 heterocycles. The zero-order chi connectivity index (χ0) is 10.7. The van der Waals surface area contributed by atoms with Gasteiger partial charge in [0.1, 0.15) is 5.75 Å². The van der Waals surface area contributed by atoms with Crippen molar-refractivity contribution in [2.75, 3.05) is 6.61 Å². The molecule has 0 bridgehead atoms. The van der Waals surface area contributed by atoms with Gasteiger partial charge in [-0.15, -0.1) is 0 Å². The summed E-state index contributed by atoms with van der Waals surface area (Å²) >= 11 is 3.76. The maximum absolute atomic E-state index is 5.44. The molecule has 1 fully saturated rings. The van der Waals surface area contributed by atoms with Crippen molar-refractivity contribution in [1.82, 2.24) is 0 Å². The molecule has 2 unspecified atom stereocenters. The zero-order valence-electron chi connectivity index (χ0n) is 9.08. The maximum atomic E-state index is 5.44. The molecule has 1 nitrogen and oxygen atoms in total. The van der Waals surface area contributed by atoms with Crippen molar-refractivity contribution >= 4 is 15.9 Å². The van der Waals surface area contributed by atoms with Crippen molar-refractivity contribution in [1.29, 1.82) is 0 Å². The standard InChI is InChI=1S/C13H17BrO/c1-2-15-11-8-6-10(7-9-11)12-4-3-5-13(12)14/h6-9,12-13H,2-5H2,1H3. The Balaban J connectivity index is 2.09. The van der Waals surface area contributed by atoms with Gasteiger partial charge < -0.3 is 4.74 Å². The summed E-state index contributed by atoms with van der Waals surface area (Å²) in [7, 11) is 0. The Labute approximate surface area is 100.0 Å². The first-order valence-corrected chi connectivity index (χ1v) is 6.59. The average Bonchev–Trinajstić information content (AvgIpc) is 2.66. The highest BCUT2D eigenvalue weighted by Gasteiger charge is 2.25. The zero-order valence-corrected chi connectivity index (χ0v) is 10.7. The van der Waals surface area contributed by atoms with Gasteiger partial charge in [-0.1, -0.05) is 34.5 Å². The van der Waals surface area contributed by atoms with Crippen molar-refractivity contribution in [3.05, 3.63) is 29.8 Å². The van der Waals surface area contributed by atoms with Crippen LogP contribution in [0.25, 0.3) is 0 Å². The fourth-order valence-electron chi connectivity index (χ4n) is 2.27. The Hall–Kier alpha value is -0.500. The Kier molecular flexibility index (Phi) is 3.68. The lowest BCUT2D eigenvalue weighted by atomic mass is 9.98. The number of benzene rings is 1. The Bertz CT molecular complexity index is 307. The predicted octanol–water partition coefficient (Wildman–Crippen LogP) is 4.12. The van der Waals surface area contributed by atoms with Crippen LogP contribution in [0.3, 0.4) is 0 Å². The fourth-order valence-corrected chi connectivity index (χ4v) is 3.16. The van der Waals surface area contributed by atoms with E-state index in [4.69, 9.17) is 4.74 Å². The predicted molar refractivity (Wildman–Crippen MR) is 66.9 cm³/mol. The van der Waals surface area contributed by atoms with Crippen molar-refractivity contribution in [2.24, 2.45) is 0 Å². The molecule has 1 aliphatic rings. The van der Waals surface area contributed by atoms with Gasteiger partial charge in [0.25, 0.3) is 0 Å². The highest BCUT2D eigenvalue weighted by atomic mass is 79.9. The second-order valence-electron chi connectivity index (χ2n) is 4.06. The lowest BCUT2D eigenvalue weighted by Crippen LogP contribution is -2.04. The number of hydrogen-bond acceptors (Lipinski definition) is 1. The molecule has 0 saturated heterocycles. The van der Waals surface area contributed by atoms with E-state index >= 15 is 0 Å². The summed E-state index contributed by atoms with van der Waals surface area (Å²) in [6.07, 6.45) is 3.95. The van der Waals surface area contributed by atoms with Crippen LogP contribution < -0.4 is 4.74 Å². The summed E-state index contributed by atoms with van der Waals surface area (Å²) in [5.74, 6) is 1.67. The minimum Gasteiger partial charge on any atom is -0.494 e. The summed E-state index contributed by atoms with van der Waals surface area (Å²) in [4.78, 5) is 0.662. The molecule has 0 N–H and O–H groups in total.